The van der Waals surface area contributed by atoms with Gasteiger partial charge in [-0.1, -0.05) is 12.1 Å². The Kier molecular flexibility index (Phi) is 11.4. The van der Waals surface area contributed by atoms with E-state index in [4.69, 9.17) is 24.0 Å². The zero-order valence-corrected chi connectivity index (χ0v) is 32.4. The van der Waals surface area contributed by atoms with E-state index >= 15 is 0 Å². The Bertz CT molecular complexity index is 2030. The molecule has 0 radical (unpaired) electrons. The van der Waals surface area contributed by atoms with E-state index in [1.807, 2.05) is 25.5 Å². The van der Waals surface area contributed by atoms with Gasteiger partial charge in [0.25, 0.3) is 5.91 Å². The Morgan fingerprint density at radius 3 is 2.39 bits per heavy atom. The number of methoxy groups -OCH3 is 1. The molecule has 14 heteroatoms. The quantitative estimate of drug-likeness (QED) is 0.172. The van der Waals surface area contributed by atoms with Gasteiger partial charge in [-0.3, -0.25) is 9.48 Å². The highest BCUT2D eigenvalue weighted by Gasteiger charge is 2.42. The van der Waals surface area contributed by atoms with Gasteiger partial charge in [0.05, 0.1) is 43.0 Å². The lowest BCUT2D eigenvalue weighted by Gasteiger charge is -2.47. The summed E-state index contributed by atoms with van der Waals surface area (Å²) < 4.78 is 69.0. The second-order valence-electron chi connectivity index (χ2n) is 16.2. The Labute approximate surface area is 325 Å². The number of aromatic nitrogens is 2. The molecule has 3 aliphatic rings. The average molecular weight is 778 g/mol. The molecule has 4 aromatic rings. The molecular formula is C42H50F3N5O6. The molecule has 1 spiro atoms. The van der Waals surface area contributed by atoms with E-state index in [-0.39, 0.29) is 36.8 Å². The summed E-state index contributed by atoms with van der Waals surface area (Å²) in [5.41, 5.74) is 1.00. The third-order valence-corrected chi connectivity index (χ3v) is 11.1. The number of anilines is 1. The molecule has 3 fully saturated rings. The number of carbonyl (C=O) groups excluding carboxylic acids is 2. The van der Waals surface area contributed by atoms with E-state index in [1.165, 1.54) is 7.11 Å². The number of nitrogens with one attached hydrogen (secondary N) is 1. The molecule has 11 nitrogen and oxygen atoms in total. The van der Waals surface area contributed by atoms with Crippen LogP contribution in [0.5, 0.6) is 11.5 Å². The van der Waals surface area contributed by atoms with Crippen LogP contribution in [0.15, 0.2) is 54.7 Å². The molecule has 300 valence electrons. The van der Waals surface area contributed by atoms with E-state index < -0.39 is 40.3 Å². The minimum atomic E-state index is -1.55. The van der Waals surface area contributed by atoms with Crippen molar-refractivity contribution in [1.29, 1.82) is 0 Å². The van der Waals surface area contributed by atoms with E-state index in [9.17, 15) is 22.8 Å². The van der Waals surface area contributed by atoms with Crippen molar-refractivity contribution in [2.75, 3.05) is 51.3 Å². The SMILES string of the molecule is COc1ccc(COc2c(F)cc(C(=O)NCC3CCC(n4cc5ccc(N6CCC7(CC6)CN(C(=O)OC(C)(C)C)CCO7)cc5n4)CC3)c(F)c2F)cc1. The van der Waals surface area contributed by atoms with Crippen molar-refractivity contribution in [3.63, 3.8) is 0 Å². The number of hydrogen-bond donors (Lipinski definition) is 1. The van der Waals surface area contributed by atoms with E-state index in [0.29, 0.717) is 37.1 Å². The van der Waals surface area contributed by atoms with Crippen molar-refractivity contribution < 1.29 is 41.7 Å². The van der Waals surface area contributed by atoms with E-state index in [0.717, 1.165) is 68.2 Å². The molecule has 0 bridgehead atoms. The first-order valence-corrected chi connectivity index (χ1v) is 19.4. The molecule has 0 atom stereocenters. The maximum absolute atomic E-state index is 15.0. The first-order chi connectivity index (χ1) is 26.8. The standard InChI is InChI=1S/C42H50F3N5O6/c1-41(2,3)56-40(52)49-19-20-55-42(26-49)15-17-48(18-16-42)31-12-9-29-24-50(47-35(29)21-31)30-10-5-27(6-11-30)23-46-39(51)33-22-34(43)38(37(45)36(33)44)54-25-28-7-13-32(53-4)14-8-28/h7-9,12-14,21-22,24,27,30H,5-6,10-11,15-20,23,25-26H2,1-4H3,(H,46,51). The fourth-order valence-corrected chi connectivity index (χ4v) is 7.91. The first-order valence-electron chi connectivity index (χ1n) is 19.4. The maximum Gasteiger partial charge on any atom is 0.410 e. The molecule has 2 amide bonds. The highest BCUT2D eigenvalue weighted by Crippen LogP contribution is 2.36. The molecule has 7 rings (SSSR count). The van der Waals surface area contributed by atoms with Gasteiger partial charge in [-0.05, 0) is 107 Å². The molecule has 3 heterocycles. The predicted octanol–water partition coefficient (Wildman–Crippen LogP) is 7.81. The van der Waals surface area contributed by atoms with Crippen LogP contribution < -0.4 is 19.7 Å². The molecule has 0 unspecified atom stereocenters. The second-order valence-corrected chi connectivity index (χ2v) is 16.2. The lowest BCUT2D eigenvalue weighted by atomic mass is 9.86. The molecule has 1 aliphatic carbocycles. The number of morpholine rings is 1. The van der Waals surface area contributed by atoms with Crippen LogP contribution in [-0.4, -0.2) is 84.3 Å². The largest absolute Gasteiger partial charge is 0.497 e. The summed E-state index contributed by atoms with van der Waals surface area (Å²) in [5.74, 6) is -5.18. The van der Waals surface area contributed by atoms with Gasteiger partial charge < -0.3 is 34.1 Å². The van der Waals surface area contributed by atoms with Crippen LogP contribution in [0.3, 0.4) is 0 Å². The van der Waals surface area contributed by atoms with E-state index in [2.05, 4.69) is 34.6 Å². The van der Waals surface area contributed by atoms with Gasteiger partial charge >= 0.3 is 6.09 Å². The smallest absolute Gasteiger partial charge is 0.410 e. The second kappa shape index (κ2) is 16.2. The van der Waals surface area contributed by atoms with Crippen molar-refractivity contribution in [3.05, 3.63) is 83.3 Å². The Balaban J connectivity index is 0.889. The summed E-state index contributed by atoms with van der Waals surface area (Å²) in [4.78, 5) is 29.8. The number of hydrogen-bond acceptors (Lipinski definition) is 8. The van der Waals surface area contributed by atoms with Crippen LogP contribution >= 0.6 is 0 Å². The molecule has 2 saturated heterocycles. The number of benzene rings is 3. The van der Waals surface area contributed by atoms with E-state index in [1.54, 1.807) is 29.2 Å². The monoisotopic (exact) mass is 777 g/mol. The van der Waals surface area contributed by atoms with Crippen molar-refractivity contribution in [1.82, 2.24) is 20.0 Å². The van der Waals surface area contributed by atoms with Crippen molar-refractivity contribution in [2.24, 2.45) is 5.92 Å². The molecule has 1 saturated carbocycles. The summed E-state index contributed by atoms with van der Waals surface area (Å²) in [6, 6.07) is 13.9. The van der Waals surface area contributed by atoms with Gasteiger partial charge in [0.15, 0.2) is 17.4 Å². The topological polar surface area (TPSA) is 107 Å². The zero-order valence-electron chi connectivity index (χ0n) is 32.4. The number of ether oxygens (including phenoxy) is 4. The maximum atomic E-state index is 15.0. The fraction of sp³-hybridized carbons (Fsp3) is 0.500. The predicted molar refractivity (Wildman–Crippen MR) is 205 cm³/mol. The van der Waals surface area contributed by atoms with Gasteiger partial charge in [-0.25, -0.2) is 13.6 Å². The van der Waals surface area contributed by atoms with Crippen molar-refractivity contribution >= 4 is 28.6 Å². The first kappa shape index (κ1) is 39.3. The molecule has 1 aromatic heterocycles. The lowest BCUT2D eigenvalue weighted by molar-refractivity contribution is -0.119. The number of amides is 2. The molecular weight excluding hydrogens is 727 g/mol. The fourth-order valence-electron chi connectivity index (χ4n) is 7.91. The summed E-state index contributed by atoms with van der Waals surface area (Å²) in [5, 5.41) is 8.68. The number of halogens is 3. The number of carbonyl (C=O) groups is 2. The molecule has 3 aromatic carbocycles. The minimum Gasteiger partial charge on any atom is -0.497 e. The Hall–Kier alpha value is -4.98. The average Bonchev–Trinajstić information content (AvgIpc) is 3.62. The third kappa shape index (κ3) is 8.85. The van der Waals surface area contributed by atoms with Crippen LogP contribution in [0.25, 0.3) is 10.9 Å². The van der Waals surface area contributed by atoms with Crippen LogP contribution in [0, 0.1) is 23.4 Å². The van der Waals surface area contributed by atoms with Crippen molar-refractivity contribution in [3.8, 4) is 11.5 Å². The van der Waals surface area contributed by atoms with Gasteiger partial charge in [0, 0.05) is 43.4 Å². The van der Waals surface area contributed by atoms with Crippen molar-refractivity contribution in [2.45, 2.75) is 83.1 Å². The van der Waals surface area contributed by atoms with Crippen LogP contribution in [0.2, 0.25) is 0 Å². The number of nitrogens with zero attached hydrogens (tertiary/aromatic N) is 4. The Morgan fingerprint density at radius 1 is 0.964 bits per heavy atom. The van der Waals surface area contributed by atoms with Gasteiger partial charge in [-0.15, -0.1) is 0 Å². The van der Waals surface area contributed by atoms with Crippen LogP contribution in [-0.2, 0) is 16.1 Å². The van der Waals surface area contributed by atoms with Gasteiger partial charge in [-0.2, -0.15) is 9.49 Å². The lowest BCUT2D eigenvalue weighted by Crippen LogP contribution is -2.58. The highest BCUT2D eigenvalue weighted by molar-refractivity contribution is 5.94. The zero-order chi connectivity index (χ0) is 39.6. The highest BCUT2D eigenvalue weighted by atomic mass is 19.2. The number of rotatable bonds is 9. The number of fused-ring (bicyclic) bond motifs is 1. The molecule has 1 N–H and O–H groups in total. The number of piperidine rings is 1. The summed E-state index contributed by atoms with van der Waals surface area (Å²) in [6.45, 7) is 8.86. The summed E-state index contributed by atoms with van der Waals surface area (Å²) >= 11 is 0. The summed E-state index contributed by atoms with van der Waals surface area (Å²) in [6.07, 6.45) is 6.69. The van der Waals surface area contributed by atoms with Gasteiger partial charge in [0.2, 0.25) is 5.82 Å². The summed E-state index contributed by atoms with van der Waals surface area (Å²) in [7, 11) is 1.52. The minimum absolute atomic E-state index is 0.128. The van der Waals surface area contributed by atoms with Crippen LogP contribution in [0.1, 0.15) is 81.3 Å². The normalized spacial score (nSPS) is 19.9. The van der Waals surface area contributed by atoms with Gasteiger partial charge in [0.1, 0.15) is 18.0 Å². The molecule has 56 heavy (non-hydrogen) atoms. The third-order valence-electron chi connectivity index (χ3n) is 11.1. The van der Waals surface area contributed by atoms with Crippen LogP contribution in [0.4, 0.5) is 23.7 Å². The Morgan fingerprint density at radius 2 is 1.70 bits per heavy atom. The molecule has 2 aliphatic heterocycles.